The fraction of sp³-hybridized carbons (Fsp3) is 0.292. The molecule has 1 aliphatic heterocycles. The minimum Gasteiger partial charge on any atom is -0.439 e. The first-order chi connectivity index (χ1) is 14.8. The molecule has 0 atom stereocenters. The molecule has 1 aromatic carbocycles. The Bertz CT molecular complexity index is 1080. The van der Waals surface area contributed by atoms with Gasteiger partial charge in [-0.2, -0.15) is 0 Å². The molecule has 6 heteroatoms. The van der Waals surface area contributed by atoms with E-state index in [1.165, 1.54) is 0 Å². The van der Waals surface area contributed by atoms with Crippen LogP contribution in [0.15, 0.2) is 48.7 Å². The van der Waals surface area contributed by atoms with Gasteiger partial charge in [0.05, 0.1) is 5.69 Å². The van der Waals surface area contributed by atoms with Crippen LogP contribution in [0.2, 0.25) is 0 Å². The number of H-pyrrole nitrogens is 1. The number of allylic oxidation sites excluding steroid dienone is 1. The third-order valence-corrected chi connectivity index (χ3v) is 5.77. The first-order valence-corrected chi connectivity index (χ1v) is 10.5. The number of benzene rings is 1. The minimum absolute atomic E-state index is 0.113. The molecule has 1 fully saturated rings. The first kappa shape index (κ1) is 18.8. The van der Waals surface area contributed by atoms with Gasteiger partial charge in [0.2, 0.25) is 11.7 Å². The summed E-state index contributed by atoms with van der Waals surface area (Å²) in [5.74, 6) is 2.04. The molecule has 3 heterocycles. The number of pyridine rings is 1. The molecule has 0 bridgehead atoms. The van der Waals surface area contributed by atoms with Crippen LogP contribution in [0, 0.1) is 0 Å². The molecule has 152 valence electrons. The number of ether oxygens (including phenoxy) is 1. The predicted molar refractivity (Wildman–Crippen MR) is 115 cm³/mol. The monoisotopic (exact) mass is 400 g/mol. The second-order valence-corrected chi connectivity index (χ2v) is 7.77. The standard InChI is InChI=1S/C24H24N4O2/c29-22(23-27-20-5-1-2-6-21(20)28-23)17-7-9-18(10-8-17)30-24-19(4-3-13-26-24)16-11-14-25-15-12-16/h1,3-5,7-10,13,16,25H,2,6,11-12,14-15H2,(H,27,28). The summed E-state index contributed by atoms with van der Waals surface area (Å²) in [4.78, 5) is 24.9. The van der Waals surface area contributed by atoms with Crippen molar-refractivity contribution in [3.05, 3.63) is 77.0 Å². The van der Waals surface area contributed by atoms with E-state index in [9.17, 15) is 4.79 Å². The Morgan fingerprint density at radius 1 is 1.10 bits per heavy atom. The van der Waals surface area contributed by atoms with Crippen LogP contribution in [0.1, 0.15) is 58.3 Å². The highest BCUT2D eigenvalue weighted by molar-refractivity contribution is 6.06. The Labute approximate surface area is 175 Å². The molecule has 0 amide bonds. The summed E-state index contributed by atoms with van der Waals surface area (Å²) in [6.07, 6.45) is 9.83. The normalized spacial score (nSPS) is 16.3. The highest BCUT2D eigenvalue weighted by Crippen LogP contribution is 2.33. The van der Waals surface area contributed by atoms with E-state index in [1.807, 2.05) is 24.3 Å². The molecule has 2 aliphatic rings. The largest absolute Gasteiger partial charge is 0.439 e. The van der Waals surface area contributed by atoms with E-state index in [2.05, 4.69) is 32.4 Å². The summed E-state index contributed by atoms with van der Waals surface area (Å²) in [6, 6.07) is 11.3. The summed E-state index contributed by atoms with van der Waals surface area (Å²) in [6.45, 7) is 2.03. The number of fused-ring (bicyclic) bond motifs is 1. The van der Waals surface area contributed by atoms with E-state index >= 15 is 0 Å². The Hall–Kier alpha value is -3.25. The number of rotatable bonds is 5. The van der Waals surface area contributed by atoms with Crippen molar-refractivity contribution >= 4 is 11.9 Å². The number of imidazole rings is 1. The summed E-state index contributed by atoms with van der Waals surface area (Å²) < 4.78 is 6.09. The molecule has 30 heavy (non-hydrogen) atoms. The summed E-state index contributed by atoms with van der Waals surface area (Å²) >= 11 is 0. The third-order valence-electron chi connectivity index (χ3n) is 5.77. The lowest BCUT2D eigenvalue weighted by Crippen LogP contribution is -2.26. The van der Waals surface area contributed by atoms with Gasteiger partial charge in [-0.05, 0) is 81.1 Å². The third kappa shape index (κ3) is 3.78. The summed E-state index contributed by atoms with van der Waals surface area (Å²) in [5.41, 5.74) is 3.62. The number of nitrogens with one attached hydrogen (secondary N) is 2. The van der Waals surface area contributed by atoms with Crippen LogP contribution in [0.25, 0.3) is 6.08 Å². The minimum atomic E-state index is -0.113. The van der Waals surface area contributed by atoms with Gasteiger partial charge in [0.1, 0.15) is 5.75 Å². The van der Waals surface area contributed by atoms with E-state index in [-0.39, 0.29) is 5.78 Å². The zero-order chi connectivity index (χ0) is 20.3. The number of hydrogen-bond acceptors (Lipinski definition) is 5. The molecule has 0 spiro atoms. The van der Waals surface area contributed by atoms with E-state index in [0.717, 1.165) is 55.7 Å². The van der Waals surface area contributed by atoms with Crippen molar-refractivity contribution in [3.8, 4) is 11.6 Å². The van der Waals surface area contributed by atoms with Gasteiger partial charge in [-0.1, -0.05) is 12.1 Å². The van der Waals surface area contributed by atoms with Crippen LogP contribution < -0.4 is 10.1 Å². The first-order valence-electron chi connectivity index (χ1n) is 10.5. The number of carbonyl (C=O) groups excluding carboxylic acids is 1. The Kier molecular flexibility index (Phi) is 5.15. The van der Waals surface area contributed by atoms with Crippen molar-refractivity contribution in [2.75, 3.05) is 13.1 Å². The SMILES string of the molecule is O=C(c1ccc(Oc2ncccc2C2CCNCC2)cc1)c1nc2c([nH]1)CCC=C2. The van der Waals surface area contributed by atoms with E-state index in [4.69, 9.17) is 4.74 Å². The van der Waals surface area contributed by atoms with Crippen LogP contribution in [0.4, 0.5) is 0 Å². The maximum absolute atomic E-state index is 12.8. The van der Waals surface area contributed by atoms with Crippen LogP contribution in [-0.4, -0.2) is 33.8 Å². The lowest BCUT2D eigenvalue weighted by atomic mass is 9.91. The Morgan fingerprint density at radius 2 is 1.93 bits per heavy atom. The van der Waals surface area contributed by atoms with Crippen LogP contribution in [-0.2, 0) is 6.42 Å². The number of carbonyl (C=O) groups is 1. The van der Waals surface area contributed by atoms with Gasteiger partial charge in [0.25, 0.3) is 0 Å². The molecule has 0 unspecified atom stereocenters. The lowest BCUT2D eigenvalue weighted by Gasteiger charge is -2.24. The number of aromatic nitrogens is 3. The second kappa shape index (κ2) is 8.24. The second-order valence-electron chi connectivity index (χ2n) is 7.77. The molecule has 2 N–H and O–H groups in total. The van der Waals surface area contributed by atoms with E-state index in [1.54, 1.807) is 18.3 Å². The van der Waals surface area contributed by atoms with Crippen molar-refractivity contribution in [1.29, 1.82) is 0 Å². The molecule has 0 saturated carbocycles. The van der Waals surface area contributed by atoms with Gasteiger partial charge in [-0.3, -0.25) is 4.79 Å². The molecule has 0 radical (unpaired) electrons. The fourth-order valence-corrected chi connectivity index (χ4v) is 4.14. The molecular weight excluding hydrogens is 376 g/mol. The topological polar surface area (TPSA) is 79.9 Å². The molecule has 5 rings (SSSR count). The Morgan fingerprint density at radius 3 is 2.73 bits per heavy atom. The van der Waals surface area contributed by atoms with Crippen molar-refractivity contribution < 1.29 is 9.53 Å². The van der Waals surface area contributed by atoms with E-state index in [0.29, 0.717) is 28.9 Å². The van der Waals surface area contributed by atoms with Gasteiger partial charge in [0.15, 0.2) is 5.82 Å². The number of hydrogen-bond donors (Lipinski definition) is 2. The summed E-state index contributed by atoms with van der Waals surface area (Å²) in [7, 11) is 0. The van der Waals surface area contributed by atoms with Crippen molar-refractivity contribution in [2.24, 2.45) is 0 Å². The van der Waals surface area contributed by atoms with Crippen molar-refractivity contribution in [3.63, 3.8) is 0 Å². The highest BCUT2D eigenvalue weighted by Gasteiger charge is 2.21. The molecule has 6 nitrogen and oxygen atoms in total. The number of aryl methyl sites for hydroxylation is 1. The van der Waals surface area contributed by atoms with Gasteiger partial charge < -0.3 is 15.0 Å². The quantitative estimate of drug-likeness (QED) is 0.626. The van der Waals surface area contributed by atoms with Gasteiger partial charge in [-0.15, -0.1) is 0 Å². The lowest BCUT2D eigenvalue weighted by molar-refractivity contribution is 0.103. The zero-order valence-corrected chi connectivity index (χ0v) is 16.7. The fourth-order valence-electron chi connectivity index (χ4n) is 4.14. The highest BCUT2D eigenvalue weighted by atomic mass is 16.5. The average Bonchev–Trinajstić information content (AvgIpc) is 3.24. The maximum Gasteiger partial charge on any atom is 0.228 e. The smallest absolute Gasteiger partial charge is 0.228 e. The van der Waals surface area contributed by atoms with Crippen molar-refractivity contribution in [1.82, 2.24) is 20.3 Å². The molecule has 2 aromatic heterocycles. The zero-order valence-electron chi connectivity index (χ0n) is 16.7. The average molecular weight is 400 g/mol. The number of piperidine rings is 1. The Balaban J connectivity index is 1.33. The molecule has 3 aromatic rings. The predicted octanol–water partition coefficient (Wildman–Crippen LogP) is 4.25. The maximum atomic E-state index is 12.8. The molecule has 1 saturated heterocycles. The number of aromatic amines is 1. The number of nitrogens with zero attached hydrogens (tertiary/aromatic N) is 2. The van der Waals surface area contributed by atoms with Crippen molar-refractivity contribution in [2.45, 2.75) is 31.6 Å². The van der Waals surface area contributed by atoms with Crippen LogP contribution in [0.5, 0.6) is 11.6 Å². The molecular formula is C24H24N4O2. The van der Waals surface area contributed by atoms with Gasteiger partial charge >= 0.3 is 0 Å². The molecule has 1 aliphatic carbocycles. The van der Waals surface area contributed by atoms with E-state index < -0.39 is 0 Å². The summed E-state index contributed by atoms with van der Waals surface area (Å²) in [5, 5.41) is 3.40. The van der Waals surface area contributed by atoms with Crippen LogP contribution in [0.3, 0.4) is 0 Å². The van der Waals surface area contributed by atoms with Gasteiger partial charge in [-0.25, -0.2) is 9.97 Å². The van der Waals surface area contributed by atoms with Crippen LogP contribution >= 0.6 is 0 Å². The van der Waals surface area contributed by atoms with Gasteiger partial charge in [0, 0.05) is 23.0 Å². The number of ketones is 1.